The molecular weight excluding hydrogens is 414 g/mol. The normalized spacial score (nSPS) is 17.5. The van der Waals surface area contributed by atoms with E-state index in [1.165, 1.54) is 4.90 Å². The number of Topliss-reactive ketones (excluding diaryl/α,β-unsaturated/α-hetero) is 1. The van der Waals surface area contributed by atoms with Crippen molar-refractivity contribution in [1.29, 1.82) is 0 Å². The first-order valence-corrected chi connectivity index (χ1v) is 11.0. The van der Waals surface area contributed by atoms with Crippen molar-refractivity contribution in [3.8, 4) is 5.75 Å². The summed E-state index contributed by atoms with van der Waals surface area (Å²) in [6.45, 7) is 8.25. The fourth-order valence-corrected chi connectivity index (χ4v) is 4.19. The molecule has 1 saturated heterocycles. The van der Waals surface area contributed by atoms with Gasteiger partial charge in [-0.25, -0.2) is 0 Å². The number of amides is 1. The zero-order valence-electron chi connectivity index (χ0n) is 19.3. The average molecular weight is 442 g/mol. The number of carbonyl (C=O) groups is 2. The molecule has 1 aliphatic rings. The van der Waals surface area contributed by atoms with E-state index >= 15 is 0 Å². The predicted octanol–water partition coefficient (Wildman–Crippen LogP) is 5.64. The number of rotatable bonds is 5. The van der Waals surface area contributed by atoms with Crippen molar-refractivity contribution >= 4 is 23.1 Å². The first-order chi connectivity index (χ1) is 15.8. The fourth-order valence-electron chi connectivity index (χ4n) is 4.19. The van der Waals surface area contributed by atoms with Crippen molar-refractivity contribution < 1.29 is 19.4 Å². The van der Waals surface area contributed by atoms with Crippen LogP contribution >= 0.6 is 0 Å². The van der Waals surface area contributed by atoms with E-state index in [1.54, 1.807) is 30.3 Å². The number of hydrogen-bond donors (Lipinski definition) is 1. The fraction of sp³-hybridized carbons (Fsp3) is 0.214. The lowest BCUT2D eigenvalue weighted by molar-refractivity contribution is -0.132. The molecule has 1 N–H and O–H groups in total. The Labute approximate surface area is 193 Å². The van der Waals surface area contributed by atoms with E-state index in [0.29, 0.717) is 23.6 Å². The summed E-state index contributed by atoms with van der Waals surface area (Å²) in [4.78, 5) is 28.0. The highest BCUT2D eigenvalue weighted by molar-refractivity contribution is 6.51. The molecule has 5 heteroatoms. The molecule has 168 valence electrons. The average Bonchev–Trinajstić information content (AvgIpc) is 3.06. The van der Waals surface area contributed by atoms with Crippen LogP contribution in [0.5, 0.6) is 5.75 Å². The van der Waals surface area contributed by atoms with Gasteiger partial charge in [-0.3, -0.25) is 14.5 Å². The zero-order valence-corrected chi connectivity index (χ0v) is 19.3. The Balaban J connectivity index is 1.94. The van der Waals surface area contributed by atoms with Crippen LogP contribution in [0.25, 0.3) is 5.76 Å². The van der Waals surface area contributed by atoms with Crippen molar-refractivity contribution in [3.05, 3.63) is 100 Å². The molecular formula is C28H27NO4. The number of aliphatic hydroxyl groups is 1. The summed E-state index contributed by atoms with van der Waals surface area (Å²) in [5.74, 6) is -0.958. The second-order valence-corrected chi connectivity index (χ2v) is 8.31. The lowest BCUT2D eigenvalue weighted by Gasteiger charge is -2.26. The number of aliphatic hydroxyl groups excluding tert-OH is 1. The molecule has 1 heterocycles. The van der Waals surface area contributed by atoms with Gasteiger partial charge >= 0.3 is 0 Å². The van der Waals surface area contributed by atoms with Gasteiger partial charge in [-0.15, -0.1) is 0 Å². The zero-order chi connectivity index (χ0) is 23.7. The molecule has 1 atom stereocenters. The van der Waals surface area contributed by atoms with Crippen LogP contribution in [-0.2, 0) is 9.59 Å². The number of benzene rings is 3. The van der Waals surface area contributed by atoms with Crippen molar-refractivity contribution in [2.24, 2.45) is 0 Å². The van der Waals surface area contributed by atoms with Gasteiger partial charge in [0.25, 0.3) is 11.7 Å². The number of ketones is 1. The number of aryl methyl sites for hydroxylation is 3. The van der Waals surface area contributed by atoms with Crippen molar-refractivity contribution in [2.75, 3.05) is 11.5 Å². The third-order valence-electron chi connectivity index (χ3n) is 5.99. The van der Waals surface area contributed by atoms with Gasteiger partial charge in [0.15, 0.2) is 0 Å². The second kappa shape index (κ2) is 8.94. The molecule has 4 rings (SSSR count). The van der Waals surface area contributed by atoms with Gasteiger partial charge in [0.05, 0.1) is 18.2 Å². The maximum Gasteiger partial charge on any atom is 0.300 e. The van der Waals surface area contributed by atoms with Crippen LogP contribution in [0.15, 0.2) is 72.3 Å². The van der Waals surface area contributed by atoms with Gasteiger partial charge in [-0.2, -0.15) is 0 Å². The maximum atomic E-state index is 13.3. The largest absolute Gasteiger partial charge is 0.507 e. The lowest BCUT2D eigenvalue weighted by Crippen LogP contribution is -2.29. The summed E-state index contributed by atoms with van der Waals surface area (Å²) in [5, 5.41) is 11.3. The van der Waals surface area contributed by atoms with E-state index in [-0.39, 0.29) is 11.3 Å². The van der Waals surface area contributed by atoms with E-state index in [0.717, 1.165) is 22.3 Å². The Kier molecular flexibility index (Phi) is 6.05. The van der Waals surface area contributed by atoms with Crippen molar-refractivity contribution in [1.82, 2.24) is 0 Å². The van der Waals surface area contributed by atoms with Crippen LogP contribution in [0.2, 0.25) is 0 Å². The molecule has 1 fully saturated rings. The van der Waals surface area contributed by atoms with Crippen LogP contribution < -0.4 is 9.64 Å². The highest BCUT2D eigenvalue weighted by Crippen LogP contribution is 2.43. The minimum absolute atomic E-state index is 0.0793. The van der Waals surface area contributed by atoms with Crippen LogP contribution in [0.1, 0.15) is 40.8 Å². The number of carbonyl (C=O) groups excluding carboxylic acids is 2. The molecule has 1 amide bonds. The smallest absolute Gasteiger partial charge is 0.300 e. The lowest BCUT2D eigenvalue weighted by atomic mass is 9.93. The molecule has 0 bridgehead atoms. The molecule has 0 radical (unpaired) electrons. The molecule has 3 aromatic rings. The van der Waals surface area contributed by atoms with Crippen LogP contribution in [0.4, 0.5) is 5.69 Å². The number of nitrogens with zero attached hydrogens (tertiary/aromatic N) is 1. The summed E-state index contributed by atoms with van der Waals surface area (Å²) in [6, 6.07) is 19.5. The molecule has 0 aromatic heterocycles. The number of hydrogen-bond acceptors (Lipinski definition) is 4. The Bertz CT molecular complexity index is 1270. The summed E-state index contributed by atoms with van der Waals surface area (Å²) >= 11 is 0. The molecule has 3 aromatic carbocycles. The van der Waals surface area contributed by atoms with E-state index in [2.05, 4.69) is 0 Å². The molecule has 0 aliphatic carbocycles. The highest BCUT2D eigenvalue weighted by Gasteiger charge is 2.47. The van der Waals surface area contributed by atoms with Gasteiger partial charge in [0.1, 0.15) is 11.5 Å². The predicted molar refractivity (Wildman–Crippen MR) is 129 cm³/mol. The SMILES string of the molecule is CCOc1cccc(N2C(=O)C(=O)/C(=C(/O)c3ccc(C)c(C)c3)C2c2cccc(C)c2)c1. The second-order valence-electron chi connectivity index (χ2n) is 8.31. The topological polar surface area (TPSA) is 66.8 Å². The molecule has 0 spiro atoms. The standard InChI is InChI=1S/C28H27NO4/c1-5-33-23-11-7-10-22(16-23)29-25(20-9-6-8-17(2)14-20)24(27(31)28(29)32)26(30)21-13-12-18(3)19(4)15-21/h6-16,25,30H,5H2,1-4H3/b26-24+. The van der Waals surface area contributed by atoms with Gasteiger partial charge in [-0.05, 0) is 62.6 Å². The minimum atomic E-state index is -0.761. The van der Waals surface area contributed by atoms with Crippen LogP contribution in [-0.4, -0.2) is 23.4 Å². The Hall–Kier alpha value is -3.86. The van der Waals surface area contributed by atoms with E-state index in [1.807, 2.05) is 64.1 Å². The Morgan fingerprint density at radius 3 is 2.39 bits per heavy atom. The van der Waals surface area contributed by atoms with Crippen molar-refractivity contribution in [3.63, 3.8) is 0 Å². The minimum Gasteiger partial charge on any atom is -0.507 e. The highest BCUT2D eigenvalue weighted by atomic mass is 16.5. The summed E-state index contributed by atoms with van der Waals surface area (Å²) in [6.07, 6.45) is 0. The molecule has 33 heavy (non-hydrogen) atoms. The molecule has 1 unspecified atom stereocenters. The van der Waals surface area contributed by atoms with Crippen molar-refractivity contribution in [2.45, 2.75) is 33.7 Å². The Morgan fingerprint density at radius 1 is 0.939 bits per heavy atom. The maximum absolute atomic E-state index is 13.3. The summed E-state index contributed by atoms with van der Waals surface area (Å²) in [5.41, 5.74) is 4.94. The van der Waals surface area contributed by atoms with E-state index in [9.17, 15) is 14.7 Å². The third-order valence-corrected chi connectivity index (χ3v) is 5.99. The van der Waals surface area contributed by atoms with Crippen LogP contribution in [0.3, 0.4) is 0 Å². The van der Waals surface area contributed by atoms with Crippen LogP contribution in [0, 0.1) is 20.8 Å². The molecule has 5 nitrogen and oxygen atoms in total. The number of ether oxygens (including phenoxy) is 1. The van der Waals surface area contributed by atoms with E-state index < -0.39 is 17.7 Å². The van der Waals surface area contributed by atoms with Gasteiger partial charge in [-0.1, -0.05) is 48.0 Å². The Morgan fingerprint density at radius 2 is 1.70 bits per heavy atom. The monoisotopic (exact) mass is 441 g/mol. The molecule has 0 saturated carbocycles. The van der Waals surface area contributed by atoms with Gasteiger partial charge < -0.3 is 9.84 Å². The van der Waals surface area contributed by atoms with Gasteiger partial charge in [0, 0.05) is 17.3 Å². The van der Waals surface area contributed by atoms with Gasteiger partial charge in [0.2, 0.25) is 0 Å². The third kappa shape index (κ3) is 4.14. The van der Waals surface area contributed by atoms with E-state index in [4.69, 9.17) is 4.74 Å². The quantitative estimate of drug-likeness (QED) is 0.316. The summed E-state index contributed by atoms with van der Waals surface area (Å²) in [7, 11) is 0. The molecule has 1 aliphatic heterocycles. The first kappa shape index (κ1) is 22.3. The first-order valence-electron chi connectivity index (χ1n) is 11.0. The number of anilines is 1. The summed E-state index contributed by atoms with van der Waals surface area (Å²) < 4.78 is 5.61.